The Hall–Kier alpha value is -1.77. The highest BCUT2D eigenvalue weighted by Gasteiger charge is 2.38. The molecular formula is C24H39NO2. The molecule has 1 amide bonds. The molecule has 3 heteroatoms. The number of primary amides is 1. The molecule has 0 bridgehead atoms. The van der Waals surface area contributed by atoms with Gasteiger partial charge in [-0.15, -0.1) is 0 Å². The van der Waals surface area contributed by atoms with Crippen molar-refractivity contribution in [2.45, 2.75) is 97.0 Å². The highest BCUT2D eigenvalue weighted by atomic mass is 16.5. The van der Waals surface area contributed by atoms with Crippen LogP contribution >= 0.6 is 0 Å². The zero-order valence-electron chi connectivity index (χ0n) is 17.6. The topological polar surface area (TPSA) is 52.3 Å². The second kappa shape index (κ2) is 13.4. The normalized spacial score (nSPS) is 13.6. The average molecular weight is 374 g/mol. The summed E-state index contributed by atoms with van der Waals surface area (Å²) in [4.78, 5) is 12.4. The van der Waals surface area contributed by atoms with Crippen molar-refractivity contribution in [2.75, 3.05) is 0 Å². The Morgan fingerprint density at radius 3 is 2.37 bits per heavy atom. The van der Waals surface area contributed by atoms with Crippen LogP contribution in [-0.2, 0) is 4.79 Å². The van der Waals surface area contributed by atoms with E-state index in [0.717, 1.165) is 43.4 Å². The number of nitrogens with two attached hydrogens (primary N) is 1. The van der Waals surface area contributed by atoms with Crippen molar-refractivity contribution in [3.63, 3.8) is 0 Å². The second-order valence-electron chi connectivity index (χ2n) is 7.49. The SMILES string of the molecule is CCCCC=Cc1cccc(OC(CCCC)(CCCCCC)C(N)=O)c1. The van der Waals surface area contributed by atoms with Gasteiger partial charge in [-0.3, -0.25) is 4.79 Å². The lowest BCUT2D eigenvalue weighted by molar-refractivity contribution is -0.135. The molecule has 0 aliphatic heterocycles. The van der Waals surface area contributed by atoms with Gasteiger partial charge in [-0.25, -0.2) is 0 Å². The molecule has 2 N–H and O–H groups in total. The Morgan fingerprint density at radius 2 is 1.70 bits per heavy atom. The van der Waals surface area contributed by atoms with Crippen LogP contribution in [0.4, 0.5) is 0 Å². The van der Waals surface area contributed by atoms with E-state index in [1.165, 1.54) is 25.7 Å². The zero-order chi connectivity index (χ0) is 20.0. The molecule has 0 fully saturated rings. The summed E-state index contributed by atoms with van der Waals surface area (Å²) in [6.45, 7) is 6.52. The third kappa shape index (κ3) is 8.64. The fourth-order valence-corrected chi connectivity index (χ4v) is 3.27. The molecule has 0 heterocycles. The monoisotopic (exact) mass is 373 g/mol. The van der Waals surface area contributed by atoms with Crippen molar-refractivity contribution in [3.05, 3.63) is 35.9 Å². The number of rotatable bonds is 15. The number of allylic oxidation sites excluding steroid dienone is 1. The molecule has 0 aliphatic carbocycles. The summed E-state index contributed by atoms with van der Waals surface area (Å²) in [7, 11) is 0. The van der Waals surface area contributed by atoms with Gasteiger partial charge in [0.2, 0.25) is 0 Å². The van der Waals surface area contributed by atoms with Gasteiger partial charge >= 0.3 is 0 Å². The van der Waals surface area contributed by atoms with Gasteiger partial charge in [-0.1, -0.05) is 83.6 Å². The molecule has 0 saturated heterocycles. The van der Waals surface area contributed by atoms with Crippen molar-refractivity contribution in [2.24, 2.45) is 5.73 Å². The molecule has 0 aromatic heterocycles. The summed E-state index contributed by atoms with van der Waals surface area (Å²) < 4.78 is 6.31. The number of benzene rings is 1. The van der Waals surface area contributed by atoms with Crippen LogP contribution in [0, 0.1) is 0 Å². The number of hydrogen-bond acceptors (Lipinski definition) is 2. The average Bonchev–Trinajstić information content (AvgIpc) is 2.66. The number of ether oxygens (including phenoxy) is 1. The van der Waals surface area contributed by atoms with Crippen LogP contribution in [0.5, 0.6) is 5.75 Å². The maximum Gasteiger partial charge on any atom is 0.261 e. The molecule has 1 aromatic carbocycles. The molecule has 0 radical (unpaired) electrons. The molecule has 1 rings (SSSR count). The highest BCUT2D eigenvalue weighted by Crippen LogP contribution is 2.30. The van der Waals surface area contributed by atoms with E-state index in [9.17, 15) is 4.79 Å². The van der Waals surface area contributed by atoms with Crippen molar-refractivity contribution in [1.82, 2.24) is 0 Å². The van der Waals surface area contributed by atoms with Crippen LogP contribution in [0.15, 0.2) is 30.3 Å². The predicted octanol–water partition coefficient (Wildman–Crippen LogP) is 6.65. The van der Waals surface area contributed by atoms with E-state index in [-0.39, 0.29) is 5.91 Å². The second-order valence-corrected chi connectivity index (χ2v) is 7.49. The Bertz CT molecular complexity index is 567. The number of hydrogen-bond donors (Lipinski definition) is 1. The number of carbonyl (C=O) groups excluding carboxylic acids is 1. The molecule has 0 spiro atoms. The molecule has 27 heavy (non-hydrogen) atoms. The Labute approximate surface area is 166 Å². The van der Waals surface area contributed by atoms with Crippen LogP contribution in [0.2, 0.25) is 0 Å². The number of unbranched alkanes of at least 4 members (excludes halogenated alkanes) is 6. The van der Waals surface area contributed by atoms with Crippen molar-refractivity contribution < 1.29 is 9.53 Å². The molecule has 0 aliphatic rings. The van der Waals surface area contributed by atoms with E-state index < -0.39 is 5.60 Å². The first-order valence-corrected chi connectivity index (χ1v) is 10.8. The summed E-state index contributed by atoms with van der Waals surface area (Å²) >= 11 is 0. The van der Waals surface area contributed by atoms with Crippen LogP contribution in [0.25, 0.3) is 6.08 Å². The van der Waals surface area contributed by atoms with Gasteiger partial charge in [-0.05, 0) is 49.8 Å². The van der Waals surface area contributed by atoms with E-state index in [1.54, 1.807) is 0 Å². The molecule has 1 unspecified atom stereocenters. The van der Waals surface area contributed by atoms with Gasteiger partial charge in [0.1, 0.15) is 5.75 Å². The quantitative estimate of drug-likeness (QED) is 0.350. The lowest BCUT2D eigenvalue weighted by atomic mass is 9.89. The lowest BCUT2D eigenvalue weighted by Crippen LogP contribution is -2.49. The predicted molar refractivity (Wildman–Crippen MR) is 116 cm³/mol. The Kier molecular flexibility index (Phi) is 11.6. The van der Waals surface area contributed by atoms with Crippen LogP contribution in [-0.4, -0.2) is 11.5 Å². The molecule has 3 nitrogen and oxygen atoms in total. The van der Waals surface area contributed by atoms with Gasteiger partial charge in [0.05, 0.1) is 0 Å². The van der Waals surface area contributed by atoms with E-state index >= 15 is 0 Å². The van der Waals surface area contributed by atoms with Gasteiger partial charge in [0.25, 0.3) is 5.91 Å². The third-order valence-corrected chi connectivity index (χ3v) is 5.02. The van der Waals surface area contributed by atoms with E-state index in [2.05, 4.69) is 39.0 Å². The van der Waals surface area contributed by atoms with Gasteiger partial charge in [0, 0.05) is 0 Å². The van der Waals surface area contributed by atoms with Crippen molar-refractivity contribution in [3.8, 4) is 5.75 Å². The van der Waals surface area contributed by atoms with Crippen molar-refractivity contribution in [1.29, 1.82) is 0 Å². The Morgan fingerprint density at radius 1 is 1.00 bits per heavy atom. The number of amides is 1. The lowest BCUT2D eigenvalue weighted by Gasteiger charge is -2.32. The van der Waals surface area contributed by atoms with Gasteiger partial charge in [-0.2, -0.15) is 0 Å². The molecule has 0 saturated carbocycles. The zero-order valence-corrected chi connectivity index (χ0v) is 17.6. The summed E-state index contributed by atoms with van der Waals surface area (Å²) in [5.74, 6) is 0.398. The largest absolute Gasteiger partial charge is 0.477 e. The van der Waals surface area contributed by atoms with E-state index in [1.807, 2.05) is 18.2 Å². The van der Waals surface area contributed by atoms with Crippen LogP contribution < -0.4 is 10.5 Å². The summed E-state index contributed by atoms with van der Waals surface area (Å²) in [6, 6.07) is 7.99. The minimum absolute atomic E-state index is 0.337. The van der Waals surface area contributed by atoms with Gasteiger partial charge in [0.15, 0.2) is 5.60 Å². The van der Waals surface area contributed by atoms with Gasteiger partial charge < -0.3 is 10.5 Å². The maximum absolute atomic E-state index is 12.4. The summed E-state index contributed by atoms with van der Waals surface area (Å²) in [5.41, 5.74) is 6.05. The maximum atomic E-state index is 12.4. The summed E-state index contributed by atoms with van der Waals surface area (Å²) in [5, 5.41) is 0. The van der Waals surface area contributed by atoms with E-state index in [4.69, 9.17) is 10.5 Å². The third-order valence-electron chi connectivity index (χ3n) is 5.02. The molecule has 152 valence electrons. The van der Waals surface area contributed by atoms with Crippen LogP contribution in [0.3, 0.4) is 0 Å². The minimum Gasteiger partial charge on any atom is -0.477 e. The molecule has 1 aromatic rings. The first kappa shape index (κ1) is 23.3. The molecule has 1 atom stereocenters. The Balaban J connectivity index is 2.92. The van der Waals surface area contributed by atoms with Crippen molar-refractivity contribution >= 4 is 12.0 Å². The van der Waals surface area contributed by atoms with E-state index in [0.29, 0.717) is 12.8 Å². The number of carbonyl (C=O) groups is 1. The fourth-order valence-electron chi connectivity index (χ4n) is 3.27. The first-order valence-electron chi connectivity index (χ1n) is 10.8. The fraction of sp³-hybridized carbons (Fsp3) is 0.625. The molecular weight excluding hydrogens is 334 g/mol. The first-order chi connectivity index (χ1) is 13.1. The van der Waals surface area contributed by atoms with Crippen LogP contribution in [0.1, 0.15) is 97.0 Å². The minimum atomic E-state index is -0.895. The highest BCUT2D eigenvalue weighted by molar-refractivity contribution is 5.84. The summed E-state index contributed by atoms with van der Waals surface area (Å²) in [6.07, 6.45) is 15.6. The smallest absolute Gasteiger partial charge is 0.261 e. The standard InChI is InChI=1S/C24H39NO2/c1-4-7-10-12-15-21-16-14-17-22(20-21)27-24(23(25)26,18-9-6-3)19-13-11-8-5-2/h12,14-17,20H,4-11,13,18-19H2,1-3H3,(H2,25,26).